The Morgan fingerprint density at radius 3 is 2.21 bits per heavy atom. The molecule has 0 fully saturated rings. The number of aryl methyl sites for hydroxylation is 1. The number of ether oxygens (including phenoxy) is 4. The number of hydrogen-bond acceptors (Lipinski definition) is 6. The molecule has 0 radical (unpaired) electrons. The lowest BCUT2D eigenvalue weighted by atomic mass is 10.1. The monoisotopic (exact) mass is 399 g/mol. The zero-order valence-electron chi connectivity index (χ0n) is 17.1. The molecule has 0 aromatic heterocycles. The van der Waals surface area contributed by atoms with Crippen LogP contribution in [0.5, 0.6) is 23.0 Å². The molecule has 3 rings (SSSR count). The van der Waals surface area contributed by atoms with Crippen LogP contribution in [0.2, 0.25) is 0 Å². The van der Waals surface area contributed by atoms with Crippen LogP contribution in [0.15, 0.2) is 30.3 Å². The van der Waals surface area contributed by atoms with Crippen LogP contribution in [0.4, 0.5) is 5.69 Å². The molecule has 0 aliphatic carbocycles. The van der Waals surface area contributed by atoms with E-state index in [1.165, 1.54) is 31.8 Å². The van der Waals surface area contributed by atoms with Crippen LogP contribution in [-0.4, -0.2) is 46.2 Å². The molecule has 1 amide bonds. The van der Waals surface area contributed by atoms with Gasteiger partial charge < -0.3 is 23.8 Å². The maximum absolute atomic E-state index is 12.6. The number of anilines is 1. The lowest BCUT2D eigenvalue weighted by Gasteiger charge is -2.19. The Bertz CT molecular complexity index is 907. The SMILES string of the molecule is CCc1ccc(OCCCN2C(=O)C(=O)c3c2cc(OC)c(OC)c3OC)cc1. The van der Waals surface area contributed by atoms with Crippen LogP contribution in [0.25, 0.3) is 0 Å². The average molecular weight is 399 g/mol. The Labute approximate surface area is 170 Å². The number of Topliss-reactive ketones (excluding diaryl/α,β-unsaturated/α-hetero) is 1. The van der Waals surface area contributed by atoms with Crippen molar-refractivity contribution in [1.29, 1.82) is 0 Å². The first kappa shape index (κ1) is 20.5. The molecule has 29 heavy (non-hydrogen) atoms. The van der Waals surface area contributed by atoms with E-state index < -0.39 is 11.7 Å². The van der Waals surface area contributed by atoms with Gasteiger partial charge in [-0.2, -0.15) is 0 Å². The molecule has 7 heteroatoms. The summed E-state index contributed by atoms with van der Waals surface area (Å²) in [6, 6.07) is 9.55. The Kier molecular flexibility index (Phi) is 6.26. The van der Waals surface area contributed by atoms with E-state index in [4.69, 9.17) is 18.9 Å². The minimum absolute atomic E-state index is 0.200. The van der Waals surface area contributed by atoms with Crippen molar-refractivity contribution >= 4 is 17.4 Å². The van der Waals surface area contributed by atoms with E-state index in [-0.39, 0.29) is 17.1 Å². The van der Waals surface area contributed by atoms with Crippen molar-refractivity contribution in [3.8, 4) is 23.0 Å². The first-order valence-electron chi connectivity index (χ1n) is 9.46. The number of nitrogens with zero attached hydrogens (tertiary/aromatic N) is 1. The molecule has 0 atom stereocenters. The van der Waals surface area contributed by atoms with Gasteiger partial charge in [-0.05, 0) is 30.5 Å². The van der Waals surface area contributed by atoms with E-state index in [9.17, 15) is 9.59 Å². The highest BCUT2D eigenvalue weighted by molar-refractivity contribution is 6.53. The van der Waals surface area contributed by atoms with Gasteiger partial charge in [0.1, 0.15) is 5.75 Å². The number of amides is 1. The molecule has 0 bridgehead atoms. The number of fused-ring (bicyclic) bond motifs is 1. The third-order valence-corrected chi connectivity index (χ3v) is 4.89. The Hall–Kier alpha value is -3.22. The molecular formula is C22H25NO6. The predicted molar refractivity (Wildman–Crippen MR) is 109 cm³/mol. The third-order valence-electron chi connectivity index (χ3n) is 4.89. The molecular weight excluding hydrogens is 374 g/mol. The largest absolute Gasteiger partial charge is 0.494 e. The molecule has 0 unspecified atom stereocenters. The van der Waals surface area contributed by atoms with Gasteiger partial charge in [0.05, 0.1) is 39.2 Å². The van der Waals surface area contributed by atoms with Gasteiger partial charge in [0, 0.05) is 12.6 Å². The average Bonchev–Trinajstić information content (AvgIpc) is 2.99. The summed E-state index contributed by atoms with van der Waals surface area (Å²) in [6.45, 7) is 2.86. The number of methoxy groups -OCH3 is 3. The smallest absolute Gasteiger partial charge is 0.299 e. The van der Waals surface area contributed by atoms with E-state index in [1.54, 1.807) is 6.07 Å². The van der Waals surface area contributed by atoms with Crippen molar-refractivity contribution in [2.24, 2.45) is 0 Å². The Balaban J connectivity index is 1.74. The van der Waals surface area contributed by atoms with Crippen LogP contribution in [-0.2, 0) is 11.2 Å². The zero-order valence-corrected chi connectivity index (χ0v) is 17.1. The fourth-order valence-corrected chi connectivity index (χ4v) is 3.37. The zero-order chi connectivity index (χ0) is 21.0. The molecule has 0 saturated heterocycles. The molecule has 7 nitrogen and oxygen atoms in total. The van der Waals surface area contributed by atoms with E-state index >= 15 is 0 Å². The fraction of sp³-hybridized carbons (Fsp3) is 0.364. The molecule has 0 N–H and O–H groups in total. The van der Waals surface area contributed by atoms with Crippen molar-refractivity contribution in [2.75, 3.05) is 39.4 Å². The van der Waals surface area contributed by atoms with Gasteiger partial charge in [0.15, 0.2) is 11.5 Å². The summed E-state index contributed by atoms with van der Waals surface area (Å²) in [4.78, 5) is 26.6. The molecule has 2 aromatic carbocycles. The normalized spacial score (nSPS) is 12.8. The quantitative estimate of drug-likeness (QED) is 0.476. The van der Waals surface area contributed by atoms with Crippen LogP contribution in [0.3, 0.4) is 0 Å². The van der Waals surface area contributed by atoms with Crippen molar-refractivity contribution < 1.29 is 28.5 Å². The number of ketones is 1. The Morgan fingerprint density at radius 1 is 0.931 bits per heavy atom. The van der Waals surface area contributed by atoms with E-state index in [0.29, 0.717) is 31.0 Å². The number of benzene rings is 2. The lowest BCUT2D eigenvalue weighted by molar-refractivity contribution is -0.114. The van der Waals surface area contributed by atoms with Crippen molar-refractivity contribution in [3.05, 3.63) is 41.5 Å². The van der Waals surface area contributed by atoms with Gasteiger partial charge in [-0.25, -0.2) is 0 Å². The second kappa shape index (κ2) is 8.86. The second-order valence-electron chi connectivity index (χ2n) is 6.52. The van der Waals surface area contributed by atoms with Crippen LogP contribution >= 0.6 is 0 Å². The summed E-state index contributed by atoms with van der Waals surface area (Å²) in [5.74, 6) is 0.447. The highest BCUT2D eigenvalue weighted by Crippen LogP contribution is 2.48. The summed E-state index contributed by atoms with van der Waals surface area (Å²) >= 11 is 0. The first-order chi connectivity index (χ1) is 14.0. The molecule has 1 aliphatic rings. The first-order valence-corrected chi connectivity index (χ1v) is 9.46. The minimum atomic E-state index is -0.617. The Morgan fingerprint density at radius 2 is 1.62 bits per heavy atom. The van der Waals surface area contributed by atoms with E-state index in [1.807, 2.05) is 24.3 Å². The number of hydrogen-bond donors (Lipinski definition) is 0. The van der Waals surface area contributed by atoms with Gasteiger partial charge in [0.2, 0.25) is 5.75 Å². The molecule has 0 saturated carbocycles. The number of carbonyl (C=O) groups is 2. The van der Waals surface area contributed by atoms with Gasteiger partial charge >= 0.3 is 0 Å². The summed E-state index contributed by atoms with van der Waals surface area (Å²) in [5.41, 5.74) is 1.90. The van der Waals surface area contributed by atoms with Crippen LogP contribution in [0.1, 0.15) is 29.3 Å². The predicted octanol–water partition coefficient (Wildman–Crippen LogP) is 3.27. The standard InChI is InChI=1S/C22H25NO6/c1-5-14-7-9-15(10-8-14)29-12-6-11-23-16-13-17(26-2)20(27-3)21(28-4)18(16)19(24)22(23)25/h7-10,13H,5-6,11-12H2,1-4H3. The summed E-state index contributed by atoms with van der Waals surface area (Å²) in [5, 5.41) is 0. The maximum Gasteiger partial charge on any atom is 0.299 e. The maximum atomic E-state index is 12.6. The second-order valence-corrected chi connectivity index (χ2v) is 6.52. The van der Waals surface area contributed by atoms with Crippen LogP contribution in [0, 0.1) is 0 Å². The fourth-order valence-electron chi connectivity index (χ4n) is 3.37. The highest BCUT2D eigenvalue weighted by Gasteiger charge is 2.40. The van der Waals surface area contributed by atoms with Gasteiger partial charge in [-0.15, -0.1) is 0 Å². The van der Waals surface area contributed by atoms with Gasteiger partial charge in [-0.3, -0.25) is 9.59 Å². The summed E-state index contributed by atoms with van der Waals surface area (Å²) in [6.07, 6.45) is 1.53. The van der Waals surface area contributed by atoms with E-state index in [0.717, 1.165) is 12.2 Å². The van der Waals surface area contributed by atoms with Gasteiger partial charge in [-0.1, -0.05) is 19.1 Å². The minimum Gasteiger partial charge on any atom is -0.494 e. The molecule has 0 spiro atoms. The molecule has 2 aromatic rings. The number of rotatable bonds is 9. The van der Waals surface area contributed by atoms with Crippen LogP contribution < -0.4 is 23.8 Å². The van der Waals surface area contributed by atoms with Crippen molar-refractivity contribution in [2.45, 2.75) is 19.8 Å². The van der Waals surface area contributed by atoms with Gasteiger partial charge in [0.25, 0.3) is 11.7 Å². The highest BCUT2D eigenvalue weighted by atomic mass is 16.5. The topological polar surface area (TPSA) is 74.3 Å². The lowest BCUT2D eigenvalue weighted by Crippen LogP contribution is -2.31. The van der Waals surface area contributed by atoms with Crippen molar-refractivity contribution in [1.82, 2.24) is 0 Å². The molecule has 154 valence electrons. The summed E-state index contributed by atoms with van der Waals surface area (Å²) < 4.78 is 21.8. The van der Waals surface area contributed by atoms with Crippen molar-refractivity contribution in [3.63, 3.8) is 0 Å². The third kappa shape index (κ3) is 3.85. The van der Waals surface area contributed by atoms with E-state index in [2.05, 4.69) is 6.92 Å². The molecule has 1 heterocycles. The number of carbonyl (C=O) groups excluding carboxylic acids is 2. The molecule has 1 aliphatic heterocycles. The summed E-state index contributed by atoms with van der Waals surface area (Å²) in [7, 11) is 4.37.